The lowest BCUT2D eigenvalue weighted by Crippen LogP contribution is -2.63. The van der Waals surface area contributed by atoms with Crippen molar-refractivity contribution in [1.29, 1.82) is 0 Å². The first-order chi connectivity index (χ1) is 13.6. The van der Waals surface area contributed by atoms with Crippen LogP contribution < -0.4 is 16.4 Å². The van der Waals surface area contributed by atoms with Crippen LogP contribution in [0.3, 0.4) is 0 Å². The Bertz CT molecular complexity index is 840. The van der Waals surface area contributed by atoms with Crippen LogP contribution in [0.25, 0.3) is 10.9 Å². The lowest BCUT2D eigenvalue weighted by atomic mass is 9.83. The summed E-state index contributed by atoms with van der Waals surface area (Å²) in [6.07, 6.45) is 5.69. The average Bonchev–Trinajstić information content (AvgIpc) is 2.74. The minimum absolute atomic E-state index is 0.176. The number of primary amides is 1. The van der Waals surface area contributed by atoms with Crippen molar-refractivity contribution in [2.75, 3.05) is 37.6 Å². The quantitative estimate of drug-likeness (QED) is 0.811. The number of rotatable bonds is 5. The standard InChI is InChI=1S/C21H30N6O/c22-11-8-18-24-17-7-3-2-6-16(17)19(25-18)26-14-9-21(10-15-26,20(23)28)27-12-4-1-5-13-27/h2-3,6-7H,1,4-5,8-15,22H2,(H2,23,28). The Hall–Kier alpha value is -2.25. The first-order valence-corrected chi connectivity index (χ1v) is 10.4. The second-order valence-electron chi connectivity index (χ2n) is 7.95. The highest BCUT2D eigenvalue weighted by atomic mass is 16.1. The summed E-state index contributed by atoms with van der Waals surface area (Å²) in [5, 5.41) is 1.05. The van der Waals surface area contributed by atoms with Crippen molar-refractivity contribution in [3.63, 3.8) is 0 Å². The van der Waals surface area contributed by atoms with Gasteiger partial charge in [-0.1, -0.05) is 18.6 Å². The molecule has 1 aromatic carbocycles. The molecule has 2 aliphatic heterocycles. The number of carbonyl (C=O) groups is 1. The number of amides is 1. The number of aromatic nitrogens is 2. The van der Waals surface area contributed by atoms with E-state index in [9.17, 15) is 4.79 Å². The fourth-order valence-corrected chi connectivity index (χ4v) is 4.72. The molecule has 2 aliphatic rings. The Morgan fingerprint density at radius 1 is 1.04 bits per heavy atom. The molecule has 0 saturated carbocycles. The van der Waals surface area contributed by atoms with Crippen LogP contribution in [0, 0.1) is 0 Å². The smallest absolute Gasteiger partial charge is 0.238 e. The molecule has 4 N–H and O–H groups in total. The van der Waals surface area contributed by atoms with Gasteiger partial charge in [-0.05, 0) is 57.5 Å². The van der Waals surface area contributed by atoms with Gasteiger partial charge in [0.1, 0.15) is 17.2 Å². The Morgan fingerprint density at radius 3 is 2.43 bits per heavy atom. The van der Waals surface area contributed by atoms with E-state index in [2.05, 4.69) is 20.9 Å². The third-order valence-electron chi connectivity index (χ3n) is 6.31. The highest BCUT2D eigenvalue weighted by molar-refractivity contribution is 5.90. The summed E-state index contributed by atoms with van der Waals surface area (Å²) in [6.45, 7) is 4.00. The Balaban J connectivity index is 1.61. The zero-order valence-corrected chi connectivity index (χ0v) is 16.4. The van der Waals surface area contributed by atoms with Crippen LogP contribution in [0.5, 0.6) is 0 Å². The second-order valence-corrected chi connectivity index (χ2v) is 7.95. The van der Waals surface area contributed by atoms with E-state index in [0.717, 1.165) is 74.4 Å². The minimum atomic E-state index is -0.514. The number of hydrogen-bond donors (Lipinski definition) is 2. The topological polar surface area (TPSA) is 101 Å². The van der Waals surface area contributed by atoms with Crippen molar-refractivity contribution in [3.8, 4) is 0 Å². The van der Waals surface area contributed by atoms with E-state index < -0.39 is 5.54 Å². The van der Waals surface area contributed by atoms with E-state index in [0.29, 0.717) is 13.0 Å². The molecule has 2 aromatic rings. The van der Waals surface area contributed by atoms with E-state index in [1.54, 1.807) is 0 Å². The van der Waals surface area contributed by atoms with Crippen LogP contribution in [0.4, 0.5) is 5.82 Å². The molecular weight excluding hydrogens is 352 g/mol. The Labute approximate surface area is 166 Å². The van der Waals surface area contributed by atoms with Gasteiger partial charge in [0.05, 0.1) is 5.52 Å². The highest BCUT2D eigenvalue weighted by Crippen LogP contribution is 2.34. The van der Waals surface area contributed by atoms with Crippen molar-refractivity contribution in [2.45, 2.75) is 44.1 Å². The maximum atomic E-state index is 12.5. The zero-order chi connectivity index (χ0) is 19.6. The predicted molar refractivity (Wildman–Crippen MR) is 111 cm³/mol. The summed E-state index contributed by atoms with van der Waals surface area (Å²) in [5.74, 6) is 1.55. The van der Waals surface area contributed by atoms with Gasteiger partial charge >= 0.3 is 0 Å². The molecule has 0 spiro atoms. The van der Waals surface area contributed by atoms with Crippen LogP contribution in [-0.4, -0.2) is 59.0 Å². The van der Waals surface area contributed by atoms with Crippen LogP contribution in [0.15, 0.2) is 24.3 Å². The molecule has 1 amide bonds. The molecule has 28 heavy (non-hydrogen) atoms. The van der Waals surface area contributed by atoms with Crippen molar-refractivity contribution < 1.29 is 4.79 Å². The molecule has 2 fully saturated rings. The third-order valence-corrected chi connectivity index (χ3v) is 6.31. The van der Waals surface area contributed by atoms with Crippen molar-refractivity contribution in [3.05, 3.63) is 30.1 Å². The lowest BCUT2D eigenvalue weighted by Gasteiger charge is -2.48. The highest BCUT2D eigenvalue weighted by Gasteiger charge is 2.45. The maximum Gasteiger partial charge on any atom is 0.238 e. The fraction of sp³-hybridized carbons (Fsp3) is 0.571. The molecule has 2 saturated heterocycles. The number of para-hydroxylation sites is 1. The van der Waals surface area contributed by atoms with Crippen molar-refractivity contribution in [2.24, 2.45) is 11.5 Å². The number of benzene rings is 1. The van der Waals surface area contributed by atoms with Gasteiger partial charge in [-0.3, -0.25) is 9.69 Å². The molecule has 7 heteroatoms. The van der Waals surface area contributed by atoms with E-state index in [-0.39, 0.29) is 5.91 Å². The number of likely N-dealkylation sites (tertiary alicyclic amines) is 1. The molecule has 1 aromatic heterocycles. The molecule has 0 aliphatic carbocycles. The molecule has 0 atom stereocenters. The molecule has 4 rings (SSSR count). The first kappa shape index (κ1) is 19.1. The number of nitrogens with two attached hydrogens (primary N) is 2. The summed E-state index contributed by atoms with van der Waals surface area (Å²) in [6, 6.07) is 8.10. The largest absolute Gasteiger partial charge is 0.368 e. The third kappa shape index (κ3) is 3.44. The Kier molecular flexibility index (Phi) is 5.46. The van der Waals surface area contributed by atoms with Crippen molar-refractivity contribution >= 4 is 22.6 Å². The predicted octanol–water partition coefficient (Wildman–Crippen LogP) is 1.44. The normalized spacial score (nSPS) is 20.4. The number of hydrogen-bond acceptors (Lipinski definition) is 6. The molecule has 0 radical (unpaired) electrons. The van der Waals surface area contributed by atoms with Gasteiger partial charge in [0.15, 0.2) is 0 Å². The van der Waals surface area contributed by atoms with E-state index in [1.807, 2.05) is 18.2 Å². The van der Waals surface area contributed by atoms with Crippen LogP contribution in [0.2, 0.25) is 0 Å². The monoisotopic (exact) mass is 382 g/mol. The van der Waals surface area contributed by atoms with E-state index in [1.165, 1.54) is 6.42 Å². The van der Waals surface area contributed by atoms with E-state index in [4.69, 9.17) is 16.5 Å². The summed E-state index contributed by atoms with van der Waals surface area (Å²) in [4.78, 5) is 26.6. The fourth-order valence-electron chi connectivity index (χ4n) is 4.72. The summed E-state index contributed by atoms with van der Waals surface area (Å²) < 4.78 is 0. The molecule has 0 unspecified atom stereocenters. The van der Waals surface area contributed by atoms with E-state index >= 15 is 0 Å². The van der Waals surface area contributed by atoms with Crippen LogP contribution in [0.1, 0.15) is 37.9 Å². The summed E-state index contributed by atoms with van der Waals surface area (Å²) >= 11 is 0. The molecule has 7 nitrogen and oxygen atoms in total. The van der Waals surface area contributed by atoms with Crippen molar-refractivity contribution in [1.82, 2.24) is 14.9 Å². The first-order valence-electron chi connectivity index (χ1n) is 10.4. The average molecular weight is 383 g/mol. The Morgan fingerprint density at radius 2 is 1.75 bits per heavy atom. The number of nitrogens with zero attached hydrogens (tertiary/aromatic N) is 4. The number of carbonyl (C=O) groups excluding carboxylic acids is 1. The number of anilines is 1. The van der Waals surface area contributed by atoms with Gasteiger partial charge in [-0.25, -0.2) is 9.97 Å². The molecule has 3 heterocycles. The SMILES string of the molecule is NCCc1nc(N2CCC(C(N)=O)(N3CCCCC3)CC2)c2ccccc2n1. The van der Waals surface area contributed by atoms with Crippen LogP contribution >= 0.6 is 0 Å². The number of fused-ring (bicyclic) bond motifs is 1. The van der Waals surface area contributed by atoms with Gasteiger partial charge < -0.3 is 16.4 Å². The van der Waals surface area contributed by atoms with Gasteiger partial charge in [0.25, 0.3) is 0 Å². The minimum Gasteiger partial charge on any atom is -0.368 e. The maximum absolute atomic E-state index is 12.5. The number of piperidine rings is 2. The van der Waals surface area contributed by atoms with Gasteiger partial charge in [0.2, 0.25) is 5.91 Å². The van der Waals surface area contributed by atoms with Gasteiger partial charge in [0, 0.05) is 24.9 Å². The molecule has 150 valence electrons. The molecule has 0 bridgehead atoms. The second kappa shape index (κ2) is 8.01. The van der Waals surface area contributed by atoms with Crippen LogP contribution in [-0.2, 0) is 11.2 Å². The van der Waals surface area contributed by atoms with Gasteiger partial charge in [-0.2, -0.15) is 0 Å². The summed E-state index contributed by atoms with van der Waals surface area (Å²) in [7, 11) is 0. The van der Waals surface area contributed by atoms with Gasteiger partial charge in [-0.15, -0.1) is 0 Å². The molecular formula is C21H30N6O. The summed E-state index contributed by atoms with van der Waals surface area (Å²) in [5.41, 5.74) is 12.1. The zero-order valence-electron chi connectivity index (χ0n) is 16.4. The lowest BCUT2D eigenvalue weighted by molar-refractivity contribution is -0.132.